The van der Waals surface area contributed by atoms with Crippen LogP contribution >= 0.6 is 11.6 Å². The molecule has 2 aromatic heterocycles. The Kier molecular flexibility index (Phi) is 2.44. The molecule has 0 atom stereocenters. The predicted molar refractivity (Wildman–Crippen MR) is 54.3 cm³/mol. The van der Waals surface area contributed by atoms with Gasteiger partial charge in [-0.05, 0) is 0 Å². The lowest BCUT2D eigenvalue weighted by molar-refractivity contribution is 0.692. The number of hydrogen-bond acceptors (Lipinski definition) is 3. The molecule has 6 heteroatoms. The van der Waals surface area contributed by atoms with Crippen molar-refractivity contribution < 1.29 is 0 Å². The van der Waals surface area contributed by atoms with Crippen molar-refractivity contribution in [2.24, 2.45) is 7.05 Å². The summed E-state index contributed by atoms with van der Waals surface area (Å²) in [5.74, 6) is 1.16. The maximum atomic E-state index is 8.77. The first-order valence-electron chi connectivity index (χ1n) is 4.29. The molecule has 0 aliphatic rings. The van der Waals surface area contributed by atoms with Gasteiger partial charge in [-0.15, -0.1) is 0 Å². The molecule has 0 saturated heterocycles. The third-order valence-corrected chi connectivity index (χ3v) is 2.51. The van der Waals surface area contributed by atoms with Crippen LogP contribution in [0.4, 0.5) is 0 Å². The maximum Gasteiger partial charge on any atom is 0.213 e. The van der Waals surface area contributed by atoms with Gasteiger partial charge in [0.15, 0.2) is 0 Å². The van der Waals surface area contributed by atoms with Crippen LogP contribution in [0, 0.1) is 11.3 Å². The number of nitriles is 1. The fourth-order valence-corrected chi connectivity index (χ4v) is 1.42. The lowest BCUT2D eigenvalue weighted by atomic mass is 10.5. The average molecular weight is 222 g/mol. The van der Waals surface area contributed by atoms with Crippen molar-refractivity contribution in [2.75, 3.05) is 0 Å². The second-order valence-electron chi connectivity index (χ2n) is 3.05. The molecule has 0 aromatic carbocycles. The van der Waals surface area contributed by atoms with Crippen molar-refractivity contribution in [3.8, 4) is 6.07 Å². The van der Waals surface area contributed by atoms with Gasteiger partial charge in [0.1, 0.15) is 17.0 Å². The minimum atomic E-state index is 0.370. The highest BCUT2D eigenvalue weighted by molar-refractivity contribution is 6.29. The quantitative estimate of drug-likeness (QED) is 0.766. The summed E-state index contributed by atoms with van der Waals surface area (Å²) in [5, 5.41) is 9.35. The highest BCUT2D eigenvalue weighted by atomic mass is 35.5. The second kappa shape index (κ2) is 3.75. The van der Waals surface area contributed by atoms with Gasteiger partial charge in [0.05, 0.1) is 12.7 Å². The second-order valence-corrected chi connectivity index (χ2v) is 3.43. The van der Waals surface area contributed by atoms with Crippen LogP contribution in [-0.4, -0.2) is 19.1 Å². The summed E-state index contributed by atoms with van der Waals surface area (Å²) in [4.78, 5) is 8.04. The van der Waals surface area contributed by atoms with Crippen LogP contribution in [0.2, 0.25) is 5.15 Å². The van der Waals surface area contributed by atoms with Gasteiger partial charge < -0.3 is 9.13 Å². The minimum Gasteiger partial charge on any atom is -0.321 e. The summed E-state index contributed by atoms with van der Waals surface area (Å²) in [6, 6.07) is 2.00. The molecule has 0 N–H and O–H groups in total. The van der Waals surface area contributed by atoms with Gasteiger partial charge in [-0.3, -0.25) is 0 Å². The Bertz CT molecular complexity index is 519. The van der Waals surface area contributed by atoms with Crippen LogP contribution in [-0.2, 0) is 13.6 Å². The van der Waals surface area contributed by atoms with Crippen molar-refractivity contribution in [3.63, 3.8) is 0 Å². The van der Waals surface area contributed by atoms with E-state index in [1.807, 2.05) is 13.1 Å². The molecular formula is C9H8ClN5. The molecule has 2 rings (SSSR count). The van der Waals surface area contributed by atoms with Crippen LogP contribution in [0.25, 0.3) is 0 Å². The number of rotatable bonds is 2. The minimum absolute atomic E-state index is 0.370. The first kappa shape index (κ1) is 9.74. The fraction of sp³-hybridized carbons (Fsp3) is 0.222. The first-order chi connectivity index (χ1) is 7.22. The molecule has 2 heterocycles. The van der Waals surface area contributed by atoms with Crippen LogP contribution in [0.5, 0.6) is 0 Å². The first-order valence-corrected chi connectivity index (χ1v) is 4.67. The van der Waals surface area contributed by atoms with Gasteiger partial charge in [0.2, 0.25) is 5.82 Å². The van der Waals surface area contributed by atoms with Gasteiger partial charge in [0, 0.05) is 19.4 Å². The topological polar surface area (TPSA) is 59.4 Å². The standard InChI is InChI=1S/C9H8ClN5/c1-14-7(10)5-13-9(14)6-15-3-2-12-8(15)4-11/h2-3,5H,6H2,1H3. The number of aromatic nitrogens is 4. The molecule has 0 radical (unpaired) electrons. The smallest absolute Gasteiger partial charge is 0.213 e. The van der Waals surface area contributed by atoms with Gasteiger partial charge >= 0.3 is 0 Å². The summed E-state index contributed by atoms with van der Waals surface area (Å²) < 4.78 is 3.49. The highest BCUT2D eigenvalue weighted by Gasteiger charge is 2.07. The Balaban J connectivity index is 2.30. The van der Waals surface area contributed by atoms with E-state index in [2.05, 4.69) is 9.97 Å². The van der Waals surface area contributed by atoms with E-state index in [0.717, 1.165) is 5.82 Å². The molecule has 0 saturated carbocycles. The van der Waals surface area contributed by atoms with Crippen molar-refractivity contribution in [3.05, 3.63) is 35.4 Å². The average Bonchev–Trinajstić information content (AvgIpc) is 2.80. The number of halogens is 1. The molecule has 76 valence electrons. The summed E-state index contributed by atoms with van der Waals surface area (Å²) in [6.07, 6.45) is 4.91. The van der Waals surface area contributed by atoms with Crippen LogP contribution in [0.3, 0.4) is 0 Å². The van der Waals surface area contributed by atoms with Crippen LogP contribution in [0.1, 0.15) is 11.6 Å². The number of hydrogen-bond donors (Lipinski definition) is 0. The third-order valence-electron chi connectivity index (χ3n) is 2.15. The lowest BCUT2D eigenvalue weighted by Crippen LogP contribution is -2.07. The zero-order valence-corrected chi connectivity index (χ0v) is 8.81. The van der Waals surface area contributed by atoms with Crippen molar-refractivity contribution in [2.45, 2.75) is 6.54 Å². The summed E-state index contributed by atoms with van der Waals surface area (Å²) >= 11 is 5.85. The largest absolute Gasteiger partial charge is 0.321 e. The molecule has 0 aliphatic heterocycles. The van der Waals surface area contributed by atoms with E-state index in [1.165, 1.54) is 0 Å². The van der Waals surface area contributed by atoms with Crippen LogP contribution in [0.15, 0.2) is 18.6 Å². The molecule has 0 spiro atoms. The summed E-state index contributed by atoms with van der Waals surface area (Å²) in [5.41, 5.74) is 0. The van der Waals surface area contributed by atoms with Crippen molar-refractivity contribution >= 4 is 11.6 Å². The highest BCUT2D eigenvalue weighted by Crippen LogP contribution is 2.10. The van der Waals surface area contributed by atoms with E-state index in [4.69, 9.17) is 16.9 Å². The molecule has 0 bridgehead atoms. The Morgan fingerprint density at radius 1 is 1.53 bits per heavy atom. The molecular weight excluding hydrogens is 214 g/mol. The zero-order valence-electron chi connectivity index (χ0n) is 8.05. The van der Waals surface area contributed by atoms with Gasteiger partial charge in [-0.2, -0.15) is 5.26 Å². The van der Waals surface area contributed by atoms with E-state index in [9.17, 15) is 0 Å². The maximum absolute atomic E-state index is 8.77. The zero-order chi connectivity index (χ0) is 10.8. The van der Waals surface area contributed by atoms with Gasteiger partial charge in [-0.25, -0.2) is 9.97 Å². The Hall–Kier alpha value is -1.80. The Morgan fingerprint density at radius 2 is 2.33 bits per heavy atom. The summed E-state index contributed by atoms with van der Waals surface area (Å²) in [6.45, 7) is 0.492. The Labute approximate surface area is 91.6 Å². The SMILES string of the molecule is Cn1c(Cl)cnc1Cn1ccnc1C#N. The summed E-state index contributed by atoms with van der Waals surface area (Å²) in [7, 11) is 1.83. The molecule has 0 amide bonds. The van der Waals surface area contributed by atoms with E-state index in [-0.39, 0.29) is 0 Å². The van der Waals surface area contributed by atoms with Crippen molar-refractivity contribution in [1.29, 1.82) is 5.26 Å². The third kappa shape index (κ3) is 1.72. The van der Waals surface area contributed by atoms with Gasteiger partial charge in [-0.1, -0.05) is 11.6 Å². The molecule has 15 heavy (non-hydrogen) atoms. The van der Waals surface area contributed by atoms with Crippen LogP contribution < -0.4 is 0 Å². The molecule has 2 aromatic rings. The number of nitrogens with zero attached hydrogens (tertiary/aromatic N) is 5. The van der Waals surface area contributed by atoms with E-state index >= 15 is 0 Å². The monoisotopic (exact) mass is 221 g/mol. The molecule has 0 aliphatic carbocycles. The fourth-order valence-electron chi connectivity index (χ4n) is 1.27. The molecule has 0 fully saturated rings. The van der Waals surface area contributed by atoms with Gasteiger partial charge in [0.25, 0.3) is 0 Å². The molecule has 0 unspecified atom stereocenters. The lowest BCUT2D eigenvalue weighted by Gasteiger charge is -2.03. The number of imidazole rings is 2. The van der Waals surface area contributed by atoms with E-state index in [0.29, 0.717) is 17.5 Å². The van der Waals surface area contributed by atoms with E-state index in [1.54, 1.807) is 27.7 Å². The Morgan fingerprint density at radius 3 is 2.93 bits per heavy atom. The van der Waals surface area contributed by atoms with E-state index < -0.39 is 0 Å². The predicted octanol–water partition coefficient (Wildman–Crippen LogP) is 1.19. The normalized spacial score (nSPS) is 10.2. The molecule has 5 nitrogen and oxygen atoms in total. The van der Waals surface area contributed by atoms with Crippen molar-refractivity contribution in [1.82, 2.24) is 19.1 Å².